The first-order valence-electron chi connectivity index (χ1n) is 2.45. The average molecular weight is 1520 g/mol. The summed E-state index contributed by atoms with van der Waals surface area (Å²) in [6.45, 7) is 5.19. The summed E-state index contributed by atoms with van der Waals surface area (Å²) in [6.07, 6.45) is 1.53. The van der Waals surface area contributed by atoms with Crippen molar-refractivity contribution in [1.29, 1.82) is 0 Å². The third kappa shape index (κ3) is 77.1. The Bertz CT molecular complexity index is 185. The van der Waals surface area contributed by atoms with Gasteiger partial charge in [0.05, 0.1) is 0 Å². The molecule has 0 N–H and O–H groups in total. The molecule has 0 heterocycles. The van der Waals surface area contributed by atoms with Crippen LogP contribution in [0.25, 0.3) is 6.08 Å². The smallest absolute Gasteiger partial charge is 0 e. The fourth-order valence-electron chi connectivity index (χ4n) is 0.511. The fraction of sp³-hybridized carbons (Fsp3) is 0. The minimum absolute atomic E-state index is 0. The Balaban J connectivity index is -0.00000000286. The molecule has 16 heteroatoms. The maximum atomic E-state index is 5.19. The van der Waals surface area contributed by atoms with Crippen LogP contribution in [0.1, 0.15) is 5.56 Å². The summed E-state index contributed by atoms with van der Waals surface area (Å²) in [5, 5.41) is 0. The predicted molar refractivity (Wildman–Crippen MR) is 34.0 cm³/mol. The Kier molecular flexibility index (Phi) is 395. The molecule has 88 valence electrons. The normalized spacial score (nSPS) is 2.83. The molecule has 0 nitrogen and oxygen atoms in total. The average Bonchev–Trinajstić information content (AvgIpc) is 1.90. The molecule has 16 radical (unpaired) electrons. The Hall–Kier alpha value is 16.6. The second kappa shape index (κ2) is 90.0. The van der Waals surface area contributed by atoms with Gasteiger partial charge in [-0.2, -0.15) is 12.1 Å². The molecule has 0 spiro atoms. The zero-order valence-corrected chi connectivity index (χ0v) is 59.1. The molecule has 1 aromatic carbocycles. The molecule has 0 unspecified atom stereocenters. The van der Waals surface area contributed by atoms with Crippen LogP contribution in [0, 0.1) is 12.6 Å². The molecule has 0 saturated carbocycles. The van der Waals surface area contributed by atoms with E-state index in [0.29, 0.717) is 0 Å². The van der Waals surface area contributed by atoms with E-state index in [1.807, 2.05) is 24.3 Å². The van der Waals surface area contributed by atoms with Crippen molar-refractivity contribution >= 4 is 6.08 Å². The SMILES string of the molecule is [CH-]=Cc1[c-]cccc1.[Y].[Y].[Y].[Y].[Y].[Y].[Y].[Y].[Y].[Y].[Y].[Y].[Y].[Y].[Y].[Y]. The summed E-state index contributed by atoms with van der Waals surface area (Å²) in [5.41, 5.74) is 0.938. The first-order chi connectivity index (χ1) is 3.93. The topological polar surface area (TPSA) is 0 Å². The molecule has 24 heavy (non-hydrogen) atoms. The summed E-state index contributed by atoms with van der Waals surface area (Å²) in [4.78, 5) is 0. The molecule has 0 fully saturated rings. The summed E-state index contributed by atoms with van der Waals surface area (Å²) < 4.78 is 0. The molecule has 1 aromatic rings. The summed E-state index contributed by atoms with van der Waals surface area (Å²) in [6, 6.07) is 10.5. The maximum absolute atomic E-state index is 5.19. The number of benzene rings is 1. The molecule has 0 bridgehead atoms. The zero-order valence-electron chi connectivity index (χ0n) is 13.7. The van der Waals surface area contributed by atoms with Crippen molar-refractivity contribution in [3.05, 3.63) is 42.5 Å². The van der Waals surface area contributed by atoms with Crippen molar-refractivity contribution in [1.82, 2.24) is 0 Å². The van der Waals surface area contributed by atoms with Gasteiger partial charge in [-0.1, -0.05) is 0 Å². The second-order valence-electron chi connectivity index (χ2n) is 1.48. The van der Waals surface area contributed by atoms with Gasteiger partial charge in [0.15, 0.2) is 0 Å². The largest absolute Gasteiger partial charge is 0.344 e. The van der Waals surface area contributed by atoms with E-state index in [4.69, 9.17) is 6.58 Å². The van der Waals surface area contributed by atoms with Gasteiger partial charge >= 0.3 is 0 Å². The fourth-order valence-corrected chi connectivity index (χ4v) is 0.511. The van der Waals surface area contributed by atoms with Gasteiger partial charge in [0, 0.05) is 523 Å². The van der Waals surface area contributed by atoms with Gasteiger partial charge in [-0.3, -0.25) is 0 Å². The Morgan fingerprint density at radius 2 is 0.833 bits per heavy atom. The van der Waals surface area contributed by atoms with Crippen LogP contribution in [0.15, 0.2) is 24.3 Å². The van der Waals surface area contributed by atoms with Crippen molar-refractivity contribution in [3.8, 4) is 0 Å². The first-order valence-corrected chi connectivity index (χ1v) is 2.45. The molecular formula is C8H6Y16-2. The minimum Gasteiger partial charge on any atom is -0.344 e. The van der Waals surface area contributed by atoms with Gasteiger partial charge in [-0.05, 0) is 0 Å². The van der Waals surface area contributed by atoms with Gasteiger partial charge < -0.3 is 18.2 Å². The third-order valence-electron chi connectivity index (χ3n) is 0.913. The number of hydrogen-bond acceptors (Lipinski definition) is 0. The van der Waals surface area contributed by atoms with Crippen molar-refractivity contribution in [3.63, 3.8) is 0 Å². The van der Waals surface area contributed by atoms with Crippen LogP contribution in [-0.2, 0) is 523 Å². The molecular weight excluding hydrogens is 1520 g/mol. The van der Waals surface area contributed by atoms with Crippen LogP contribution >= 0.6 is 0 Å². The number of hydrogen-bond donors (Lipinski definition) is 0. The third-order valence-corrected chi connectivity index (χ3v) is 0.913. The van der Waals surface area contributed by atoms with Crippen LogP contribution in [0.3, 0.4) is 0 Å². The molecule has 0 saturated heterocycles. The van der Waals surface area contributed by atoms with Crippen LogP contribution in [-0.4, -0.2) is 0 Å². The Morgan fingerprint density at radius 1 is 0.542 bits per heavy atom. The van der Waals surface area contributed by atoms with E-state index >= 15 is 0 Å². The van der Waals surface area contributed by atoms with Crippen molar-refractivity contribution in [2.75, 3.05) is 0 Å². The first kappa shape index (κ1) is 105. The van der Waals surface area contributed by atoms with Crippen LogP contribution in [0.5, 0.6) is 0 Å². The second-order valence-corrected chi connectivity index (χ2v) is 1.48. The molecule has 0 amide bonds. The van der Waals surface area contributed by atoms with Crippen LogP contribution in [0.4, 0.5) is 0 Å². The number of rotatable bonds is 1. The van der Waals surface area contributed by atoms with E-state index in [0.717, 1.165) is 5.56 Å². The van der Waals surface area contributed by atoms with Crippen LogP contribution in [0.2, 0.25) is 0 Å². The minimum atomic E-state index is 0. The maximum Gasteiger partial charge on any atom is 0 e. The van der Waals surface area contributed by atoms with Crippen LogP contribution < -0.4 is 0 Å². The van der Waals surface area contributed by atoms with Crippen molar-refractivity contribution in [2.45, 2.75) is 0 Å². The molecule has 0 aliphatic carbocycles. The van der Waals surface area contributed by atoms with E-state index in [1.54, 1.807) is 0 Å². The van der Waals surface area contributed by atoms with Gasteiger partial charge in [-0.15, -0.1) is 6.07 Å². The Labute approximate surface area is 552 Å². The molecule has 0 aliphatic rings. The van der Waals surface area contributed by atoms with Crippen molar-refractivity contribution < 1.29 is 523 Å². The summed E-state index contributed by atoms with van der Waals surface area (Å²) in [7, 11) is 0. The summed E-state index contributed by atoms with van der Waals surface area (Å²) in [5.74, 6) is 0. The Morgan fingerprint density at radius 3 is 0.958 bits per heavy atom. The molecule has 0 aliphatic heterocycles. The van der Waals surface area contributed by atoms with E-state index in [9.17, 15) is 0 Å². The van der Waals surface area contributed by atoms with E-state index in [2.05, 4.69) is 6.07 Å². The quantitative estimate of drug-likeness (QED) is 0.378. The summed E-state index contributed by atoms with van der Waals surface area (Å²) >= 11 is 0. The monoisotopic (exact) mass is 1520 g/mol. The van der Waals surface area contributed by atoms with Gasteiger partial charge in [0.25, 0.3) is 0 Å². The van der Waals surface area contributed by atoms with Gasteiger partial charge in [0.2, 0.25) is 0 Å². The van der Waals surface area contributed by atoms with Gasteiger partial charge in [0.1, 0.15) is 0 Å². The molecule has 0 aromatic heterocycles. The van der Waals surface area contributed by atoms with Crippen molar-refractivity contribution in [2.24, 2.45) is 0 Å². The molecule has 0 atom stereocenters. The molecule has 1 rings (SSSR count). The van der Waals surface area contributed by atoms with E-state index < -0.39 is 0 Å². The zero-order chi connectivity index (χ0) is 5.82. The van der Waals surface area contributed by atoms with E-state index in [1.165, 1.54) is 6.08 Å². The predicted octanol–water partition coefficient (Wildman–Crippen LogP) is 1.89. The standard InChI is InChI=1S/C8H6.16Y/c1-2-8-6-4-3-5-7-8;;;;;;;;;;;;;;;;/h1-6H;;;;;;;;;;;;;;;;/q-2;;;;;;;;;;;;;;;;. The van der Waals surface area contributed by atoms with E-state index in [-0.39, 0.29) is 523 Å². The van der Waals surface area contributed by atoms with Gasteiger partial charge in [-0.25, -0.2) is 12.1 Å².